The summed E-state index contributed by atoms with van der Waals surface area (Å²) in [6.45, 7) is 3.60. The third kappa shape index (κ3) is 9.30. The molecular weight excluding hydrogens is 172 g/mol. The van der Waals surface area contributed by atoms with Crippen LogP contribution < -0.4 is 0 Å². The van der Waals surface area contributed by atoms with E-state index in [4.69, 9.17) is 5.11 Å². The highest BCUT2D eigenvalue weighted by atomic mass is 32.2. The molecule has 2 nitrogen and oxygen atoms in total. The van der Waals surface area contributed by atoms with E-state index in [0.29, 0.717) is 6.42 Å². The highest BCUT2D eigenvalue weighted by molar-refractivity contribution is 7.99. The van der Waals surface area contributed by atoms with Gasteiger partial charge in [0, 0.05) is 17.9 Å². The lowest BCUT2D eigenvalue weighted by Crippen LogP contribution is -1.91. The van der Waals surface area contributed by atoms with Crippen molar-refractivity contribution in [2.24, 2.45) is 0 Å². The van der Waals surface area contributed by atoms with Crippen molar-refractivity contribution in [3.05, 3.63) is 24.8 Å². The SMILES string of the molecule is C=CCSCC=CCCC(=O)O. The number of aliphatic carboxylic acids is 1. The van der Waals surface area contributed by atoms with E-state index in [1.807, 2.05) is 18.2 Å². The van der Waals surface area contributed by atoms with Crippen LogP contribution in [0.5, 0.6) is 0 Å². The van der Waals surface area contributed by atoms with Crippen molar-refractivity contribution in [3.8, 4) is 0 Å². The molecule has 0 aromatic heterocycles. The molecule has 0 aliphatic heterocycles. The normalized spacial score (nSPS) is 10.3. The standard InChI is InChI=1S/C9H14O2S/c1-2-7-12-8-5-3-4-6-9(10)11/h2-3,5H,1,4,6-8H2,(H,10,11). The minimum absolute atomic E-state index is 0.225. The monoisotopic (exact) mass is 186 g/mol. The molecule has 0 atom stereocenters. The van der Waals surface area contributed by atoms with Gasteiger partial charge in [-0.25, -0.2) is 0 Å². The lowest BCUT2D eigenvalue weighted by Gasteiger charge is -1.90. The van der Waals surface area contributed by atoms with E-state index in [9.17, 15) is 4.79 Å². The summed E-state index contributed by atoms with van der Waals surface area (Å²) < 4.78 is 0. The number of hydrogen-bond acceptors (Lipinski definition) is 2. The quantitative estimate of drug-likeness (QED) is 0.490. The predicted molar refractivity (Wildman–Crippen MR) is 53.5 cm³/mol. The minimum atomic E-state index is -0.738. The summed E-state index contributed by atoms with van der Waals surface area (Å²) in [6.07, 6.45) is 6.61. The van der Waals surface area contributed by atoms with Crippen molar-refractivity contribution >= 4 is 17.7 Å². The van der Waals surface area contributed by atoms with Crippen LogP contribution in [0.1, 0.15) is 12.8 Å². The van der Waals surface area contributed by atoms with Crippen molar-refractivity contribution < 1.29 is 9.90 Å². The van der Waals surface area contributed by atoms with Crippen LogP contribution in [-0.4, -0.2) is 22.6 Å². The molecule has 0 saturated heterocycles. The molecule has 0 rings (SSSR count). The Hall–Kier alpha value is -0.700. The second-order valence-corrected chi connectivity index (χ2v) is 3.30. The summed E-state index contributed by atoms with van der Waals surface area (Å²) in [4.78, 5) is 10.1. The molecule has 0 heterocycles. The highest BCUT2D eigenvalue weighted by Gasteiger charge is 1.90. The fraction of sp³-hybridized carbons (Fsp3) is 0.444. The van der Waals surface area contributed by atoms with Gasteiger partial charge in [-0.15, -0.1) is 6.58 Å². The predicted octanol–water partition coefficient (Wildman–Crippen LogP) is 2.33. The maximum atomic E-state index is 10.1. The summed E-state index contributed by atoms with van der Waals surface area (Å²) in [5.41, 5.74) is 0. The van der Waals surface area contributed by atoms with E-state index < -0.39 is 5.97 Å². The Bertz CT molecular complexity index is 164. The van der Waals surface area contributed by atoms with Gasteiger partial charge in [0.1, 0.15) is 0 Å². The van der Waals surface area contributed by atoms with Gasteiger partial charge in [-0.3, -0.25) is 4.79 Å². The van der Waals surface area contributed by atoms with Gasteiger partial charge in [-0.05, 0) is 6.42 Å². The second-order valence-electron chi connectivity index (χ2n) is 2.23. The molecule has 12 heavy (non-hydrogen) atoms. The Labute approximate surface area is 77.4 Å². The first kappa shape index (κ1) is 11.3. The molecule has 0 aliphatic carbocycles. The second kappa shape index (κ2) is 8.40. The molecule has 68 valence electrons. The van der Waals surface area contributed by atoms with Crippen molar-refractivity contribution in [1.82, 2.24) is 0 Å². The number of thioether (sulfide) groups is 1. The summed E-state index contributed by atoms with van der Waals surface area (Å²) >= 11 is 1.76. The zero-order valence-electron chi connectivity index (χ0n) is 7.03. The molecular formula is C9H14O2S. The Morgan fingerprint density at radius 1 is 1.42 bits per heavy atom. The molecule has 0 unspecified atom stereocenters. The van der Waals surface area contributed by atoms with Crippen molar-refractivity contribution in [2.45, 2.75) is 12.8 Å². The summed E-state index contributed by atoms with van der Waals surface area (Å²) in [7, 11) is 0. The molecule has 0 radical (unpaired) electrons. The van der Waals surface area contributed by atoms with E-state index in [-0.39, 0.29) is 6.42 Å². The molecule has 0 aromatic rings. The summed E-state index contributed by atoms with van der Waals surface area (Å²) in [6, 6.07) is 0. The van der Waals surface area contributed by atoms with Crippen LogP contribution in [0.2, 0.25) is 0 Å². The Kier molecular flexibility index (Phi) is 7.91. The van der Waals surface area contributed by atoms with E-state index in [0.717, 1.165) is 11.5 Å². The number of carboxylic acid groups (broad SMARTS) is 1. The van der Waals surface area contributed by atoms with Crippen LogP contribution in [0.15, 0.2) is 24.8 Å². The van der Waals surface area contributed by atoms with Crippen molar-refractivity contribution in [2.75, 3.05) is 11.5 Å². The zero-order chi connectivity index (χ0) is 9.23. The van der Waals surface area contributed by atoms with E-state index >= 15 is 0 Å². The molecule has 0 bridgehead atoms. The maximum absolute atomic E-state index is 10.1. The third-order valence-electron chi connectivity index (χ3n) is 1.14. The van der Waals surface area contributed by atoms with Crippen LogP contribution in [0.4, 0.5) is 0 Å². The zero-order valence-corrected chi connectivity index (χ0v) is 7.85. The Morgan fingerprint density at radius 2 is 2.17 bits per heavy atom. The fourth-order valence-corrected chi connectivity index (χ4v) is 1.19. The molecule has 1 N–H and O–H groups in total. The largest absolute Gasteiger partial charge is 0.481 e. The van der Waals surface area contributed by atoms with E-state index in [1.165, 1.54) is 0 Å². The number of carbonyl (C=O) groups is 1. The average molecular weight is 186 g/mol. The van der Waals surface area contributed by atoms with Gasteiger partial charge in [0.25, 0.3) is 0 Å². The first-order valence-electron chi connectivity index (χ1n) is 3.82. The average Bonchev–Trinajstić information content (AvgIpc) is 2.02. The maximum Gasteiger partial charge on any atom is 0.303 e. The smallest absolute Gasteiger partial charge is 0.303 e. The van der Waals surface area contributed by atoms with Gasteiger partial charge in [0.15, 0.2) is 0 Å². The molecule has 0 saturated carbocycles. The van der Waals surface area contributed by atoms with Crippen LogP contribution in [0.25, 0.3) is 0 Å². The molecule has 0 amide bonds. The number of rotatable bonds is 7. The fourth-order valence-electron chi connectivity index (χ4n) is 0.612. The van der Waals surface area contributed by atoms with Crippen LogP contribution in [0.3, 0.4) is 0 Å². The molecule has 3 heteroatoms. The van der Waals surface area contributed by atoms with Gasteiger partial charge in [-0.2, -0.15) is 11.8 Å². The van der Waals surface area contributed by atoms with Gasteiger partial charge < -0.3 is 5.11 Å². The number of allylic oxidation sites excluding steroid dienone is 1. The van der Waals surface area contributed by atoms with Crippen molar-refractivity contribution in [1.29, 1.82) is 0 Å². The highest BCUT2D eigenvalue weighted by Crippen LogP contribution is 2.00. The summed E-state index contributed by atoms with van der Waals surface area (Å²) in [5.74, 6) is 1.15. The van der Waals surface area contributed by atoms with Crippen molar-refractivity contribution in [3.63, 3.8) is 0 Å². The molecule has 0 aromatic carbocycles. The number of hydrogen-bond donors (Lipinski definition) is 1. The van der Waals surface area contributed by atoms with Gasteiger partial charge in [0.05, 0.1) is 0 Å². The molecule has 0 aliphatic rings. The topological polar surface area (TPSA) is 37.3 Å². The van der Waals surface area contributed by atoms with E-state index in [2.05, 4.69) is 6.58 Å². The minimum Gasteiger partial charge on any atom is -0.481 e. The molecule has 0 spiro atoms. The van der Waals surface area contributed by atoms with Gasteiger partial charge >= 0.3 is 5.97 Å². The molecule has 0 fully saturated rings. The number of carboxylic acids is 1. The van der Waals surface area contributed by atoms with E-state index in [1.54, 1.807) is 11.8 Å². The Morgan fingerprint density at radius 3 is 2.75 bits per heavy atom. The van der Waals surface area contributed by atoms with Crippen LogP contribution in [0, 0.1) is 0 Å². The first-order chi connectivity index (χ1) is 5.77. The Balaban J connectivity index is 3.14. The van der Waals surface area contributed by atoms with Gasteiger partial charge in [-0.1, -0.05) is 18.2 Å². The van der Waals surface area contributed by atoms with Gasteiger partial charge in [0.2, 0.25) is 0 Å². The first-order valence-corrected chi connectivity index (χ1v) is 4.98. The lowest BCUT2D eigenvalue weighted by molar-refractivity contribution is -0.136. The third-order valence-corrected chi connectivity index (χ3v) is 2.04. The summed E-state index contributed by atoms with van der Waals surface area (Å²) in [5, 5.41) is 8.30. The van der Waals surface area contributed by atoms with Crippen LogP contribution in [-0.2, 0) is 4.79 Å². The lowest BCUT2D eigenvalue weighted by atomic mass is 10.3. The van der Waals surface area contributed by atoms with Crippen LogP contribution >= 0.6 is 11.8 Å².